The van der Waals surface area contributed by atoms with Crippen molar-refractivity contribution < 1.29 is 0 Å². The van der Waals surface area contributed by atoms with Crippen LogP contribution in [-0.4, -0.2) is 22.0 Å². The molecule has 0 bridgehead atoms. The number of amidine groups is 1. The van der Waals surface area contributed by atoms with Gasteiger partial charge in [-0.1, -0.05) is 24.3 Å². The fourth-order valence-corrected chi connectivity index (χ4v) is 2.41. The van der Waals surface area contributed by atoms with Crippen molar-refractivity contribution in [3.05, 3.63) is 64.6 Å². The molecule has 2 aromatic heterocycles. The third kappa shape index (κ3) is 4.60. The number of aromatic nitrogens is 2. The van der Waals surface area contributed by atoms with Crippen LogP contribution in [0.3, 0.4) is 0 Å². The summed E-state index contributed by atoms with van der Waals surface area (Å²) >= 11 is 0. The van der Waals surface area contributed by atoms with Crippen LogP contribution in [0.1, 0.15) is 40.7 Å². The summed E-state index contributed by atoms with van der Waals surface area (Å²) in [5, 5.41) is 15.0. The Morgan fingerprint density at radius 3 is 2.56 bits per heavy atom. The van der Waals surface area contributed by atoms with E-state index in [1.165, 1.54) is 6.21 Å². The maximum atomic E-state index is 7.55. The minimum Gasteiger partial charge on any atom is -0.384 e. The first-order chi connectivity index (χ1) is 12.0. The second-order valence-corrected chi connectivity index (χ2v) is 5.56. The van der Waals surface area contributed by atoms with Gasteiger partial charge in [0.15, 0.2) is 0 Å². The van der Waals surface area contributed by atoms with Crippen LogP contribution >= 0.6 is 0 Å². The van der Waals surface area contributed by atoms with E-state index in [2.05, 4.69) is 16.0 Å². The van der Waals surface area contributed by atoms with E-state index in [1.807, 2.05) is 31.2 Å². The highest BCUT2D eigenvalue weighted by Gasteiger charge is 2.05. The number of allylic oxidation sites excluding steroid dienone is 2. The Labute approximate surface area is 147 Å². The topological polar surface area (TPSA) is 126 Å². The largest absolute Gasteiger partial charge is 0.384 e. The summed E-state index contributed by atoms with van der Waals surface area (Å²) in [5.41, 5.74) is 15.4. The van der Waals surface area contributed by atoms with Crippen LogP contribution < -0.4 is 11.5 Å². The number of nitrogen functional groups attached to an aromatic ring is 2. The average molecular weight is 334 g/mol. The molecule has 6 heteroatoms. The molecule has 0 aliphatic rings. The summed E-state index contributed by atoms with van der Waals surface area (Å²) in [5.74, 6) is 0.382. The van der Waals surface area contributed by atoms with E-state index in [9.17, 15) is 0 Å². The summed E-state index contributed by atoms with van der Waals surface area (Å²) in [6.07, 6.45) is 15.9. The third-order valence-electron chi connectivity index (χ3n) is 3.76. The molecule has 0 aliphatic heterocycles. The smallest absolute Gasteiger partial charge is 0.132 e. The van der Waals surface area contributed by atoms with Gasteiger partial charge in [-0.25, -0.2) is 4.98 Å². The molecule has 0 aromatic carbocycles. The van der Waals surface area contributed by atoms with Gasteiger partial charge < -0.3 is 16.9 Å². The van der Waals surface area contributed by atoms with Crippen LogP contribution in [-0.2, 0) is 0 Å². The van der Waals surface area contributed by atoms with Crippen molar-refractivity contribution in [2.24, 2.45) is 5.73 Å². The maximum absolute atomic E-state index is 7.55. The Bertz CT molecular complexity index is 836. The lowest BCUT2D eigenvalue weighted by molar-refractivity contribution is 1.06. The van der Waals surface area contributed by atoms with Crippen molar-refractivity contribution in [2.45, 2.75) is 19.8 Å². The lowest BCUT2D eigenvalue weighted by atomic mass is 10.0. The fraction of sp³-hybridized carbons (Fsp3) is 0.158. The van der Waals surface area contributed by atoms with E-state index >= 15 is 0 Å². The van der Waals surface area contributed by atoms with E-state index in [0.717, 1.165) is 29.5 Å². The lowest BCUT2D eigenvalue weighted by Crippen LogP contribution is -2.12. The number of hydrogen-bond donors (Lipinski definition) is 4. The van der Waals surface area contributed by atoms with Gasteiger partial charge in [-0.3, -0.25) is 10.4 Å². The second-order valence-electron chi connectivity index (χ2n) is 5.56. The summed E-state index contributed by atoms with van der Waals surface area (Å²) in [4.78, 5) is 8.06. The molecule has 0 radical (unpaired) electrons. The molecule has 0 spiro atoms. The van der Waals surface area contributed by atoms with Crippen LogP contribution in [0.2, 0.25) is 0 Å². The van der Waals surface area contributed by atoms with Gasteiger partial charge in [0.05, 0.1) is 0 Å². The molecule has 0 fully saturated rings. The van der Waals surface area contributed by atoms with Crippen LogP contribution in [0.15, 0.2) is 36.8 Å². The normalized spacial score (nSPS) is 11.2. The fourth-order valence-electron chi connectivity index (χ4n) is 2.41. The molecular formula is C19H22N6. The highest BCUT2D eigenvalue weighted by Crippen LogP contribution is 2.19. The van der Waals surface area contributed by atoms with Crippen molar-refractivity contribution in [2.75, 3.05) is 5.73 Å². The average Bonchev–Trinajstić information content (AvgIpc) is 2.61. The highest BCUT2D eigenvalue weighted by molar-refractivity contribution is 5.98. The number of nitrogens with one attached hydrogen (secondary N) is 2. The summed E-state index contributed by atoms with van der Waals surface area (Å²) < 4.78 is 0. The highest BCUT2D eigenvalue weighted by atomic mass is 14.8. The van der Waals surface area contributed by atoms with Crippen molar-refractivity contribution in [3.8, 4) is 0 Å². The molecule has 0 saturated heterocycles. The van der Waals surface area contributed by atoms with Crippen LogP contribution in [0.4, 0.5) is 5.82 Å². The molecule has 0 aliphatic carbocycles. The number of nitrogens with zero attached hydrogens (tertiary/aromatic N) is 2. The third-order valence-corrected chi connectivity index (χ3v) is 3.76. The summed E-state index contributed by atoms with van der Waals surface area (Å²) in [6, 6.07) is 1.84. The van der Waals surface area contributed by atoms with E-state index in [4.69, 9.17) is 22.3 Å². The van der Waals surface area contributed by atoms with E-state index < -0.39 is 0 Å². The molecule has 2 rings (SSSR count). The first-order valence-electron chi connectivity index (χ1n) is 7.91. The number of anilines is 1. The van der Waals surface area contributed by atoms with Crippen molar-refractivity contribution >= 4 is 30.0 Å². The Morgan fingerprint density at radius 1 is 1.16 bits per heavy atom. The second kappa shape index (κ2) is 8.54. The SMILES string of the molecule is Cc1cnc(N)c(C=N)c1/C=C\CC/C=C\c1ccncc1C(=N)N. The molecular weight excluding hydrogens is 312 g/mol. The zero-order valence-corrected chi connectivity index (χ0v) is 14.2. The van der Waals surface area contributed by atoms with E-state index in [1.54, 1.807) is 18.6 Å². The minimum atomic E-state index is 0.0116. The van der Waals surface area contributed by atoms with Gasteiger partial charge in [0.1, 0.15) is 11.7 Å². The van der Waals surface area contributed by atoms with Gasteiger partial charge in [-0.2, -0.15) is 0 Å². The van der Waals surface area contributed by atoms with Gasteiger partial charge in [0.2, 0.25) is 0 Å². The van der Waals surface area contributed by atoms with E-state index in [0.29, 0.717) is 16.9 Å². The molecule has 0 amide bonds. The first kappa shape index (κ1) is 18.1. The van der Waals surface area contributed by atoms with Crippen molar-refractivity contribution in [1.29, 1.82) is 10.8 Å². The number of unbranched alkanes of at least 4 members (excludes halogenated alkanes) is 1. The molecule has 0 atom stereocenters. The van der Waals surface area contributed by atoms with Gasteiger partial charge >= 0.3 is 0 Å². The van der Waals surface area contributed by atoms with E-state index in [-0.39, 0.29) is 5.84 Å². The molecule has 0 unspecified atom stereocenters. The molecule has 6 nitrogen and oxygen atoms in total. The lowest BCUT2D eigenvalue weighted by Gasteiger charge is -2.06. The molecule has 128 valence electrons. The van der Waals surface area contributed by atoms with Gasteiger partial charge in [-0.05, 0) is 42.5 Å². The molecule has 25 heavy (non-hydrogen) atoms. The number of rotatable bonds is 7. The summed E-state index contributed by atoms with van der Waals surface area (Å²) in [6.45, 7) is 1.95. The Kier molecular flexibility index (Phi) is 6.17. The predicted octanol–water partition coefficient (Wildman–Crippen LogP) is 3.16. The Balaban J connectivity index is 2.01. The zero-order chi connectivity index (χ0) is 18.2. The molecule has 2 heterocycles. The Morgan fingerprint density at radius 2 is 1.88 bits per heavy atom. The quantitative estimate of drug-likeness (QED) is 0.352. The van der Waals surface area contributed by atoms with Gasteiger partial charge in [0, 0.05) is 35.9 Å². The molecule has 6 N–H and O–H groups in total. The first-order valence-corrected chi connectivity index (χ1v) is 7.91. The van der Waals surface area contributed by atoms with Crippen molar-refractivity contribution in [1.82, 2.24) is 9.97 Å². The van der Waals surface area contributed by atoms with Crippen LogP contribution in [0, 0.1) is 17.7 Å². The van der Waals surface area contributed by atoms with Crippen LogP contribution in [0.25, 0.3) is 12.2 Å². The van der Waals surface area contributed by atoms with Crippen molar-refractivity contribution in [3.63, 3.8) is 0 Å². The van der Waals surface area contributed by atoms with Gasteiger partial charge in [0.25, 0.3) is 0 Å². The number of nitrogens with two attached hydrogens (primary N) is 2. The monoisotopic (exact) mass is 334 g/mol. The predicted molar refractivity (Wildman–Crippen MR) is 104 cm³/mol. The molecule has 0 saturated carbocycles. The number of pyridine rings is 2. The standard InChI is InChI=1S/C19H22N6/c1-13-11-25-19(23)16(10-20)15(13)7-5-3-2-4-6-14-8-9-24-12-17(14)18(21)22/h4-12,20H,2-3H2,1H3,(H3,21,22)(H2,23,25)/b6-4-,7-5-,20-10?. The maximum Gasteiger partial charge on any atom is 0.132 e. The number of hydrogen-bond acceptors (Lipinski definition) is 5. The van der Waals surface area contributed by atoms with Gasteiger partial charge in [-0.15, -0.1) is 0 Å². The zero-order valence-electron chi connectivity index (χ0n) is 14.2. The molecule has 2 aromatic rings. The summed E-state index contributed by atoms with van der Waals surface area (Å²) in [7, 11) is 0. The minimum absolute atomic E-state index is 0.0116. The van der Waals surface area contributed by atoms with Crippen LogP contribution in [0.5, 0.6) is 0 Å². The Hall–Kier alpha value is -3.28. The number of aryl methyl sites for hydroxylation is 1.